The van der Waals surface area contributed by atoms with E-state index in [-0.39, 0.29) is 12.4 Å². The highest BCUT2D eigenvalue weighted by atomic mass is 16.5. The van der Waals surface area contributed by atoms with Crippen LogP contribution in [0.5, 0.6) is 0 Å². The predicted molar refractivity (Wildman–Crippen MR) is 122 cm³/mol. The van der Waals surface area contributed by atoms with Crippen LogP contribution in [0.1, 0.15) is 37.4 Å². The Bertz CT molecular complexity index is 1290. The van der Waals surface area contributed by atoms with Crippen LogP contribution in [-0.2, 0) is 4.74 Å². The molecule has 0 saturated carbocycles. The highest BCUT2D eigenvalue weighted by molar-refractivity contribution is 6.06. The van der Waals surface area contributed by atoms with E-state index in [1.807, 2.05) is 87.5 Å². The topological polar surface area (TPSA) is 56.3 Å². The Morgan fingerprint density at radius 2 is 1.45 bits per heavy atom. The van der Waals surface area contributed by atoms with Gasteiger partial charge in [-0.1, -0.05) is 54.6 Å². The van der Waals surface area contributed by atoms with E-state index in [0.717, 1.165) is 22.3 Å². The normalized spacial score (nSPS) is 10.8. The van der Waals surface area contributed by atoms with Gasteiger partial charge >= 0.3 is 5.97 Å². The molecule has 0 bridgehead atoms. The van der Waals surface area contributed by atoms with Crippen molar-refractivity contribution in [2.45, 2.75) is 20.8 Å². The number of Topliss-reactive ketones (excluding diaryl/α,β-unsaturated/α-hetero) is 1. The fourth-order valence-electron chi connectivity index (χ4n) is 3.65. The van der Waals surface area contributed by atoms with Crippen molar-refractivity contribution < 1.29 is 14.3 Å². The smallest absolute Gasteiger partial charge is 0.339 e. The number of aryl methyl sites for hydroxylation is 3. The Hall–Kier alpha value is -3.79. The predicted octanol–water partition coefficient (Wildman–Crippen LogP) is 5.87. The fourth-order valence-corrected chi connectivity index (χ4v) is 3.65. The summed E-state index contributed by atoms with van der Waals surface area (Å²) >= 11 is 0. The lowest BCUT2D eigenvalue weighted by Gasteiger charge is -2.11. The quantitative estimate of drug-likeness (QED) is 0.306. The average molecular weight is 409 g/mol. The number of hydrogen-bond donors (Lipinski definition) is 0. The van der Waals surface area contributed by atoms with Gasteiger partial charge in [0.25, 0.3) is 0 Å². The van der Waals surface area contributed by atoms with E-state index in [1.165, 1.54) is 0 Å². The zero-order valence-corrected chi connectivity index (χ0v) is 17.8. The summed E-state index contributed by atoms with van der Waals surface area (Å²) in [5.41, 5.74) is 6.31. The molecule has 1 aromatic heterocycles. The van der Waals surface area contributed by atoms with Gasteiger partial charge in [0.15, 0.2) is 6.61 Å². The first-order chi connectivity index (χ1) is 14.9. The Kier molecular flexibility index (Phi) is 5.63. The molecule has 0 unspecified atom stereocenters. The lowest BCUT2D eigenvalue weighted by molar-refractivity contribution is 0.0476. The molecule has 31 heavy (non-hydrogen) atoms. The second-order valence-electron chi connectivity index (χ2n) is 7.69. The zero-order valence-electron chi connectivity index (χ0n) is 17.8. The van der Waals surface area contributed by atoms with Crippen LogP contribution in [0.15, 0.2) is 72.8 Å². The number of aromatic nitrogens is 1. The third kappa shape index (κ3) is 4.24. The Morgan fingerprint density at radius 3 is 2.23 bits per heavy atom. The van der Waals surface area contributed by atoms with E-state index in [2.05, 4.69) is 4.98 Å². The summed E-state index contributed by atoms with van der Waals surface area (Å²) in [6.07, 6.45) is 0. The summed E-state index contributed by atoms with van der Waals surface area (Å²) in [5, 5.41) is 0.696. The minimum Gasteiger partial charge on any atom is -0.454 e. The van der Waals surface area contributed by atoms with Crippen molar-refractivity contribution >= 4 is 22.7 Å². The number of rotatable bonds is 5. The van der Waals surface area contributed by atoms with Crippen molar-refractivity contribution in [2.24, 2.45) is 0 Å². The third-order valence-corrected chi connectivity index (χ3v) is 5.48. The van der Waals surface area contributed by atoms with Crippen LogP contribution in [0.3, 0.4) is 0 Å². The van der Waals surface area contributed by atoms with E-state index in [1.54, 1.807) is 6.07 Å². The van der Waals surface area contributed by atoms with Crippen LogP contribution in [0.2, 0.25) is 0 Å². The molecule has 0 atom stereocenters. The highest BCUT2D eigenvalue weighted by Gasteiger charge is 2.18. The monoisotopic (exact) mass is 409 g/mol. The van der Waals surface area contributed by atoms with Crippen molar-refractivity contribution in [3.05, 3.63) is 101 Å². The van der Waals surface area contributed by atoms with E-state index in [9.17, 15) is 9.59 Å². The summed E-state index contributed by atoms with van der Waals surface area (Å²) < 4.78 is 5.45. The molecule has 0 aliphatic carbocycles. The molecule has 0 aliphatic rings. The molecule has 0 N–H and O–H groups in total. The Morgan fingerprint density at radius 1 is 0.774 bits per heavy atom. The second kappa shape index (κ2) is 8.52. The summed E-state index contributed by atoms with van der Waals surface area (Å²) in [5.74, 6) is -0.749. The van der Waals surface area contributed by atoms with Gasteiger partial charge in [0, 0.05) is 16.5 Å². The maximum atomic E-state index is 13.0. The van der Waals surface area contributed by atoms with Gasteiger partial charge in [0.2, 0.25) is 5.78 Å². The standard InChI is InChI=1S/C27H23NO3/c1-17-13-19(3)22(14-18(17)2)26(29)16-31-27(30)23-15-25(20-9-5-4-6-10-20)28-24-12-8-7-11-21(23)24/h4-15H,16H2,1-3H3. The first-order valence-corrected chi connectivity index (χ1v) is 10.2. The maximum Gasteiger partial charge on any atom is 0.339 e. The molecule has 3 aromatic carbocycles. The molecule has 0 fully saturated rings. The molecule has 1 heterocycles. The van der Waals surface area contributed by atoms with Crippen LogP contribution in [0, 0.1) is 20.8 Å². The van der Waals surface area contributed by atoms with Crippen LogP contribution in [-0.4, -0.2) is 23.3 Å². The molecule has 4 aromatic rings. The SMILES string of the molecule is Cc1cc(C)c(C(=O)COC(=O)c2cc(-c3ccccc3)nc3ccccc23)cc1C. The molecule has 0 saturated heterocycles. The van der Waals surface area contributed by atoms with Gasteiger partial charge < -0.3 is 4.74 Å². The van der Waals surface area contributed by atoms with Gasteiger partial charge in [-0.3, -0.25) is 4.79 Å². The first kappa shape index (κ1) is 20.5. The van der Waals surface area contributed by atoms with Gasteiger partial charge in [-0.15, -0.1) is 0 Å². The van der Waals surface area contributed by atoms with Gasteiger partial charge in [-0.05, 0) is 55.7 Å². The van der Waals surface area contributed by atoms with Crippen molar-refractivity contribution in [3.63, 3.8) is 0 Å². The van der Waals surface area contributed by atoms with Crippen molar-refractivity contribution in [2.75, 3.05) is 6.61 Å². The molecule has 154 valence electrons. The summed E-state index contributed by atoms with van der Waals surface area (Å²) in [7, 11) is 0. The molecule has 0 radical (unpaired) electrons. The van der Waals surface area contributed by atoms with E-state index in [4.69, 9.17) is 4.74 Å². The van der Waals surface area contributed by atoms with E-state index in [0.29, 0.717) is 27.7 Å². The van der Waals surface area contributed by atoms with Gasteiger partial charge in [-0.2, -0.15) is 0 Å². The number of carbonyl (C=O) groups is 2. The van der Waals surface area contributed by atoms with Crippen molar-refractivity contribution in [3.8, 4) is 11.3 Å². The molecular weight excluding hydrogens is 386 g/mol. The number of pyridine rings is 1. The fraction of sp³-hybridized carbons (Fsp3) is 0.148. The maximum absolute atomic E-state index is 13.0. The molecular formula is C27H23NO3. The lowest BCUT2D eigenvalue weighted by atomic mass is 9.98. The van der Waals surface area contributed by atoms with E-state index >= 15 is 0 Å². The first-order valence-electron chi connectivity index (χ1n) is 10.2. The molecule has 4 heteroatoms. The van der Waals surface area contributed by atoms with Gasteiger partial charge in [0.05, 0.1) is 16.8 Å². The van der Waals surface area contributed by atoms with Gasteiger partial charge in [-0.25, -0.2) is 9.78 Å². The van der Waals surface area contributed by atoms with Crippen LogP contribution in [0.4, 0.5) is 0 Å². The number of fused-ring (bicyclic) bond motifs is 1. The van der Waals surface area contributed by atoms with E-state index < -0.39 is 5.97 Å². The molecule has 4 nitrogen and oxygen atoms in total. The number of para-hydroxylation sites is 1. The minimum atomic E-state index is -0.536. The Balaban J connectivity index is 1.63. The average Bonchev–Trinajstić information content (AvgIpc) is 2.79. The number of esters is 1. The number of hydrogen-bond acceptors (Lipinski definition) is 4. The number of ether oxygens (including phenoxy) is 1. The van der Waals surface area contributed by atoms with Gasteiger partial charge in [0.1, 0.15) is 0 Å². The number of nitrogens with zero attached hydrogens (tertiary/aromatic N) is 1. The molecule has 0 amide bonds. The summed E-state index contributed by atoms with van der Waals surface area (Å²) in [4.78, 5) is 30.4. The number of ketones is 1. The van der Waals surface area contributed by atoms with Crippen LogP contribution in [0.25, 0.3) is 22.2 Å². The summed E-state index contributed by atoms with van der Waals surface area (Å²) in [6.45, 7) is 5.56. The third-order valence-electron chi connectivity index (χ3n) is 5.48. The number of benzene rings is 3. The number of carbonyl (C=O) groups excluding carboxylic acids is 2. The van der Waals surface area contributed by atoms with Crippen LogP contribution < -0.4 is 0 Å². The van der Waals surface area contributed by atoms with Crippen LogP contribution >= 0.6 is 0 Å². The zero-order chi connectivity index (χ0) is 22.0. The van der Waals surface area contributed by atoms with Crippen molar-refractivity contribution in [1.82, 2.24) is 4.98 Å². The van der Waals surface area contributed by atoms with Crippen molar-refractivity contribution in [1.29, 1.82) is 0 Å². The Labute approximate surface area is 181 Å². The highest BCUT2D eigenvalue weighted by Crippen LogP contribution is 2.25. The summed E-state index contributed by atoms with van der Waals surface area (Å²) in [6, 6.07) is 22.7. The molecule has 4 rings (SSSR count). The lowest BCUT2D eigenvalue weighted by Crippen LogP contribution is -2.16. The largest absolute Gasteiger partial charge is 0.454 e. The molecule has 0 aliphatic heterocycles. The minimum absolute atomic E-state index is 0.212. The molecule has 0 spiro atoms. The second-order valence-corrected chi connectivity index (χ2v) is 7.69.